The number of nitrogens with two attached hydrogens (primary N) is 2. The van der Waals surface area contributed by atoms with E-state index in [1.54, 1.807) is 18.2 Å². The van der Waals surface area contributed by atoms with E-state index >= 15 is 0 Å². The van der Waals surface area contributed by atoms with Crippen LogP contribution < -0.4 is 11.5 Å². The maximum atomic E-state index is 11.9. The third kappa shape index (κ3) is 2.33. The van der Waals surface area contributed by atoms with Crippen LogP contribution in [0.4, 0.5) is 11.4 Å². The molecule has 1 aliphatic heterocycles. The van der Waals surface area contributed by atoms with Gasteiger partial charge in [0.25, 0.3) is 0 Å². The molecule has 4 nitrogen and oxygen atoms in total. The van der Waals surface area contributed by atoms with Gasteiger partial charge in [-0.15, -0.1) is 0 Å². The summed E-state index contributed by atoms with van der Waals surface area (Å²) in [7, 11) is 0. The van der Waals surface area contributed by atoms with E-state index in [-0.39, 0.29) is 5.78 Å². The minimum atomic E-state index is 0.119. The highest BCUT2D eigenvalue weighted by Gasteiger charge is 2.16. The second-order valence-corrected chi connectivity index (χ2v) is 4.25. The maximum absolute atomic E-state index is 11.9. The molecule has 2 rings (SSSR count). The van der Waals surface area contributed by atoms with Crippen LogP contribution in [0.25, 0.3) is 0 Å². The molecule has 4 heteroatoms. The van der Waals surface area contributed by atoms with E-state index in [4.69, 9.17) is 11.5 Å². The average Bonchev–Trinajstić information content (AvgIpc) is 2.74. The van der Waals surface area contributed by atoms with Gasteiger partial charge in [0.15, 0.2) is 5.78 Å². The SMILES string of the molecule is Nc1ccc(C(=O)CN2CCCC2)cc1N. The zero-order valence-corrected chi connectivity index (χ0v) is 9.28. The van der Waals surface area contributed by atoms with E-state index in [0.717, 1.165) is 13.1 Å². The lowest BCUT2D eigenvalue weighted by Gasteiger charge is -2.13. The molecule has 0 radical (unpaired) electrons. The number of nitrogens with zero attached hydrogens (tertiary/aromatic N) is 1. The smallest absolute Gasteiger partial charge is 0.176 e. The Labute approximate surface area is 95.2 Å². The number of benzene rings is 1. The summed E-state index contributed by atoms with van der Waals surface area (Å²) < 4.78 is 0. The number of carbonyl (C=O) groups excluding carboxylic acids is 1. The van der Waals surface area contributed by atoms with Crippen molar-refractivity contribution in [1.82, 2.24) is 4.90 Å². The standard InChI is InChI=1S/C12H17N3O/c13-10-4-3-9(7-11(10)14)12(16)8-15-5-1-2-6-15/h3-4,7H,1-2,5-6,8,13-14H2. The Balaban J connectivity index is 2.05. The van der Waals surface area contributed by atoms with Gasteiger partial charge in [-0.25, -0.2) is 0 Å². The summed E-state index contributed by atoms with van der Waals surface area (Å²) in [5.74, 6) is 0.119. The maximum Gasteiger partial charge on any atom is 0.176 e. The van der Waals surface area contributed by atoms with Crippen LogP contribution in [0.15, 0.2) is 18.2 Å². The second-order valence-electron chi connectivity index (χ2n) is 4.25. The number of likely N-dealkylation sites (tertiary alicyclic amines) is 1. The number of hydrogen-bond donors (Lipinski definition) is 2. The fourth-order valence-corrected chi connectivity index (χ4v) is 1.98. The third-order valence-corrected chi connectivity index (χ3v) is 2.97. The summed E-state index contributed by atoms with van der Waals surface area (Å²) in [6, 6.07) is 5.09. The minimum absolute atomic E-state index is 0.119. The van der Waals surface area contributed by atoms with Gasteiger partial charge >= 0.3 is 0 Å². The van der Waals surface area contributed by atoms with E-state index in [9.17, 15) is 4.79 Å². The van der Waals surface area contributed by atoms with Gasteiger partial charge in [-0.05, 0) is 44.1 Å². The lowest BCUT2D eigenvalue weighted by molar-refractivity contribution is 0.0945. The molecule has 1 saturated heterocycles. The molecule has 0 atom stereocenters. The van der Waals surface area contributed by atoms with Crippen molar-refractivity contribution in [1.29, 1.82) is 0 Å². The van der Waals surface area contributed by atoms with Gasteiger partial charge in [0.1, 0.15) is 0 Å². The quantitative estimate of drug-likeness (QED) is 0.590. The van der Waals surface area contributed by atoms with Crippen LogP contribution in [-0.2, 0) is 0 Å². The molecule has 0 saturated carbocycles. The number of carbonyl (C=O) groups is 1. The molecule has 1 aromatic carbocycles. The van der Waals surface area contributed by atoms with E-state index in [1.807, 2.05) is 0 Å². The van der Waals surface area contributed by atoms with Crippen LogP contribution in [0, 0.1) is 0 Å². The van der Waals surface area contributed by atoms with E-state index < -0.39 is 0 Å². The van der Waals surface area contributed by atoms with Gasteiger partial charge in [0.05, 0.1) is 17.9 Å². The van der Waals surface area contributed by atoms with Gasteiger partial charge in [-0.1, -0.05) is 0 Å². The number of nitrogen functional groups attached to an aromatic ring is 2. The molecule has 0 spiro atoms. The van der Waals surface area contributed by atoms with Gasteiger partial charge in [-0.2, -0.15) is 0 Å². The van der Waals surface area contributed by atoms with Crippen LogP contribution in [0.1, 0.15) is 23.2 Å². The molecule has 0 bridgehead atoms. The van der Waals surface area contributed by atoms with Gasteiger partial charge < -0.3 is 11.5 Å². The molecule has 86 valence electrons. The van der Waals surface area contributed by atoms with Crippen molar-refractivity contribution in [3.63, 3.8) is 0 Å². The molecular formula is C12H17N3O. The molecular weight excluding hydrogens is 202 g/mol. The molecule has 1 fully saturated rings. The van der Waals surface area contributed by atoms with Crippen molar-refractivity contribution in [2.45, 2.75) is 12.8 Å². The summed E-state index contributed by atoms with van der Waals surface area (Å²) in [5, 5.41) is 0. The summed E-state index contributed by atoms with van der Waals surface area (Å²) in [6.07, 6.45) is 2.38. The molecule has 0 aliphatic carbocycles. The van der Waals surface area contributed by atoms with Gasteiger partial charge in [0.2, 0.25) is 0 Å². The van der Waals surface area contributed by atoms with Crippen molar-refractivity contribution in [3.05, 3.63) is 23.8 Å². The summed E-state index contributed by atoms with van der Waals surface area (Å²) in [5.41, 5.74) is 12.9. The predicted octanol–water partition coefficient (Wildman–Crippen LogP) is 1.13. The van der Waals surface area contributed by atoms with Crippen molar-refractivity contribution >= 4 is 17.2 Å². The number of ketones is 1. The number of hydrogen-bond acceptors (Lipinski definition) is 4. The first-order chi connectivity index (χ1) is 7.66. The summed E-state index contributed by atoms with van der Waals surface area (Å²) in [6.45, 7) is 2.54. The van der Waals surface area contributed by atoms with Gasteiger partial charge in [-0.3, -0.25) is 9.69 Å². The Morgan fingerprint density at radius 3 is 2.50 bits per heavy atom. The monoisotopic (exact) mass is 219 g/mol. The van der Waals surface area contributed by atoms with Crippen molar-refractivity contribution < 1.29 is 4.79 Å². The molecule has 0 amide bonds. The normalized spacial score (nSPS) is 16.5. The first-order valence-electron chi connectivity index (χ1n) is 5.57. The Hall–Kier alpha value is -1.55. The van der Waals surface area contributed by atoms with Crippen LogP contribution in [0.5, 0.6) is 0 Å². The summed E-state index contributed by atoms with van der Waals surface area (Å²) in [4.78, 5) is 14.1. The second kappa shape index (κ2) is 4.53. The Kier molecular flexibility index (Phi) is 3.10. The zero-order valence-electron chi connectivity index (χ0n) is 9.28. The number of rotatable bonds is 3. The van der Waals surface area contributed by atoms with E-state index in [2.05, 4.69) is 4.90 Å². The van der Waals surface area contributed by atoms with Crippen LogP contribution in [-0.4, -0.2) is 30.3 Å². The fourth-order valence-electron chi connectivity index (χ4n) is 1.98. The van der Waals surface area contributed by atoms with E-state index in [1.165, 1.54) is 12.8 Å². The first-order valence-corrected chi connectivity index (χ1v) is 5.57. The van der Waals surface area contributed by atoms with Crippen molar-refractivity contribution in [2.75, 3.05) is 31.1 Å². The highest BCUT2D eigenvalue weighted by molar-refractivity contribution is 5.99. The van der Waals surface area contributed by atoms with E-state index in [0.29, 0.717) is 23.5 Å². The summed E-state index contributed by atoms with van der Waals surface area (Å²) >= 11 is 0. The molecule has 1 heterocycles. The Morgan fingerprint density at radius 2 is 1.88 bits per heavy atom. The number of Topliss-reactive ketones (excluding diaryl/α,β-unsaturated/α-hetero) is 1. The molecule has 1 aliphatic rings. The Bertz CT molecular complexity index is 397. The lowest BCUT2D eigenvalue weighted by Crippen LogP contribution is -2.26. The van der Waals surface area contributed by atoms with Crippen LogP contribution >= 0.6 is 0 Å². The molecule has 1 aromatic rings. The van der Waals surface area contributed by atoms with Crippen LogP contribution in [0.3, 0.4) is 0 Å². The minimum Gasteiger partial charge on any atom is -0.397 e. The highest BCUT2D eigenvalue weighted by atomic mass is 16.1. The van der Waals surface area contributed by atoms with Crippen LogP contribution in [0.2, 0.25) is 0 Å². The Morgan fingerprint density at radius 1 is 1.19 bits per heavy atom. The number of anilines is 2. The molecule has 0 aromatic heterocycles. The molecule has 16 heavy (non-hydrogen) atoms. The first kappa shape index (κ1) is 11.0. The lowest BCUT2D eigenvalue weighted by atomic mass is 10.1. The van der Waals surface area contributed by atoms with Crippen molar-refractivity contribution in [3.8, 4) is 0 Å². The highest BCUT2D eigenvalue weighted by Crippen LogP contribution is 2.17. The van der Waals surface area contributed by atoms with Gasteiger partial charge in [0, 0.05) is 5.56 Å². The topological polar surface area (TPSA) is 72.4 Å². The zero-order chi connectivity index (χ0) is 11.5. The third-order valence-electron chi connectivity index (χ3n) is 2.97. The van der Waals surface area contributed by atoms with Crippen molar-refractivity contribution in [2.24, 2.45) is 0 Å². The largest absolute Gasteiger partial charge is 0.397 e. The predicted molar refractivity (Wildman–Crippen MR) is 65.3 cm³/mol. The molecule has 0 unspecified atom stereocenters. The average molecular weight is 219 g/mol. The fraction of sp³-hybridized carbons (Fsp3) is 0.417. The molecule has 4 N–H and O–H groups in total.